The van der Waals surface area contributed by atoms with Gasteiger partial charge in [0.05, 0.1) is 42.5 Å². The number of hydrogen-bond acceptors (Lipinski definition) is 9. The van der Waals surface area contributed by atoms with Gasteiger partial charge in [-0.1, -0.05) is 22.9 Å². The van der Waals surface area contributed by atoms with Crippen LogP contribution in [0.15, 0.2) is 43.0 Å². The molecular weight excluding hydrogens is 490 g/mol. The maximum absolute atomic E-state index is 13.2. The Labute approximate surface area is 209 Å². The molecule has 0 saturated heterocycles. The first-order chi connectivity index (χ1) is 16.9. The first-order valence-corrected chi connectivity index (χ1v) is 11.6. The van der Waals surface area contributed by atoms with Crippen molar-refractivity contribution in [1.82, 2.24) is 29.8 Å². The molecule has 0 aromatic carbocycles. The summed E-state index contributed by atoms with van der Waals surface area (Å²) in [6, 6.07) is 5.09. The normalized spacial score (nSPS) is 12.4. The van der Waals surface area contributed by atoms with Crippen LogP contribution in [-0.4, -0.2) is 48.7 Å². The van der Waals surface area contributed by atoms with Crippen molar-refractivity contribution in [3.05, 3.63) is 75.8 Å². The minimum Gasteiger partial charge on any atom is -0.494 e. The molecule has 0 fully saturated rings. The van der Waals surface area contributed by atoms with Gasteiger partial charge in [-0.15, -0.1) is 0 Å². The molecule has 0 atom stereocenters. The van der Waals surface area contributed by atoms with Gasteiger partial charge >= 0.3 is 0 Å². The maximum Gasteiger partial charge on any atom is 0.292 e. The van der Waals surface area contributed by atoms with Crippen LogP contribution in [0.1, 0.15) is 37.2 Å². The molecule has 176 valence electrons. The Morgan fingerprint density at radius 1 is 1.09 bits per heavy atom. The van der Waals surface area contributed by atoms with Crippen LogP contribution < -0.4 is 10.1 Å². The van der Waals surface area contributed by atoms with E-state index in [1.165, 1.54) is 43.2 Å². The number of aryl methyl sites for hydroxylation is 1. The van der Waals surface area contributed by atoms with E-state index in [1.807, 2.05) is 6.92 Å². The van der Waals surface area contributed by atoms with E-state index >= 15 is 0 Å². The number of aromatic nitrogens is 5. The fourth-order valence-electron chi connectivity index (χ4n) is 3.71. The molecule has 0 unspecified atom stereocenters. The highest BCUT2D eigenvalue weighted by atomic mass is 35.5. The third-order valence-electron chi connectivity index (χ3n) is 5.35. The second-order valence-corrected chi connectivity index (χ2v) is 9.13. The predicted octanol–water partition coefficient (Wildman–Crippen LogP) is 3.77. The van der Waals surface area contributed by atoms with E-state index in [9.17, 15) is 9.59 Å². The maximum atomic E-state index is 13.2. The van der Waals surface area contributed by atoms with Crippen molar-refractivity contribution in [3.8, 4) is 16.9 Å². The van der Waals surface area contributed by atoms with E-state index in [1.54, 1.807) is 23.1 Å². The van der Waals surface area contributed by atoms with Gasteiger partial charge in [0.1, 0.15) is 10.9 Å². The lowest BCUT2D eigenvalue weighted by atomic mass is 10.0. The molecule has 1 aliphatic rings. The standard InChI is InChI=1S/C23H18ClN7O3S/c1-12-6-13(14-7-19(24)28-9-17(14)34-2)15(8-27-12)21(32)30-23-29-16-10-31(11-18(16)35-23)22(33)20-25-4-3-5-26-20/h3-9H,10-11H2,1-2H3,(H,29,30,32). The Kier molecular flexibility index (Phi) is 6.10. The lowest BCUT2D eigenvalue weighted by Crippen LogP contribution is -2.27. The number of thiazole rings is 1. The average Bonchev–Trinajstić information content (AvgIpc) is 3.42. The van der Waals surface area contributed by atoms with E-state index in [-0.39, 0.29) is 22.8 Å². The van der Waals surface area contributed by atoms with Gasteiger partial charge in [0.25, 0.3) is 11.8 Å². The molecule has 1 aliphatic heterocycles. The predicted molar refractivity (Wildman–Crippen MR) is 129 cm³/mol. The molecule has 35 heavy (non-hydrogen) atoms. The Balaban J connectivity index is 1.37. The molecule has 0 bridgehead atoms. The number of fused-ring (bicyclic) bond motifs is 1. The van der Waals surface area contributed by atoms with E-state index in [0.29, 0.717) is 40.7 Å². The lowest BCUT2D eigenvalue weighted by molar-refractivity contribution is 0.0738. The van der Waals surface area contributed by atoms with Crippen molar-refractivity contribution in [2.45, 2.75) is 20.0 Å². The van der Waals surface area contributed by atoms with Crippen LogP contribution in [0, 0.1) is 6.92 Å². The third-order valence-corrected chi connectivity index (χ3v) is 6.55. The van der Waals surface area contributed by atoms with Crippen LogP contribution >= 0.6 is 22.9 Å². The van der Waals surface area contributed by atoms with E-state index < -0.39 is 0 Å². The van der Waals surface area contributed by atoms with Gasteiger partial charge in [-0.25, -0.2) is 19.9 Å². The van der Waals surface area contributed by atoms with Crippen molar-refractivity contribution < 1.29 is 14.3 Å². The summed E-state index contributed by atoms with van der Waals surface area (Å²) in [6.45, 7) is 2.53. The summed E-state index contributed by atoms with van der Waals surface area (Å²) in [5.74, 6) is -0.0149. The zero-order chi connectivity index (χ0) is 24.5. The largest absolute Gasteiger partial charge is 0.494 e. The van der Waals surface area contributed by atoms with E-state index in [2.05, 4.69) is 30.2 Å². The third kappa shape index (κ3) is 4.55. The van der Waals surface area contributed by atoms with Gasteiger partial charge in [-0.05, 0) is 25.1 Å². The number of ether oxygens (including phenoxy) is 1. The van der Waals surface area contributed by atoms with Gasteiger partial charge in [0.2, 0.25) is 5.82 Å². The number of carbonyl (C=O) groups is 2. The summed E-state index contributed by atoms with van der Waals surface area (Å²) in [6.07, 6.45) is 6.08. The van der Waals surface area contributed by atoms with Gasteiger partial charge in [0.15, 0.2) is 5.13 Å². The second-order valence-electron chi connectivity index (χ2n) is 7.66. The highest BCUT2D eigenvalue weighted by Crippen LogP contribution is 2.35. The van der Waals surface area contributed by atoms with Gasteiger partial charge in [-0.2, -0.15) is 0 Å². The van der Waals surface area contributed by atoms with Crippen LogP contribution in [0.25, 0.3) is 11.1 Å². The average molecular weight is 508 g/mol. The highest BCUT2D eigenvalue weighted by Gasteiger charge is 2.30. The molecule has 0 saturated carbocycles. The molecule has 2 amide bonds. The van der Waals surface area contributed by atoms with Crippen LogP contribution in [0.5, 0.6) is 5.75 Å². The molecule has 10 nitrogen and oxygen atoms in total. The van der Waals surface area contributed by atoms with Gasteiger partial charge in [-0.3, -0.25) is 19.9 Å². The number of anilines is 1. The topological polar surface area (TPSA) is 123 Å². The number of rotatable bonds is 5. The number of nitrogens with one attached hydrogen (secondary N) is 1. The van der Waals surface area contributed by atoms with Gasteiger partial charge < -0.3 is 9.64 Å². The molecule has 4 aromatic rings. The molecule has 12 heteroatoms. The van der Waals surface area contributed by atoms with Crippen molar-refractivity contribution >= 4 is 39.9 Å². The molecule has 4 aromatic heterocycles. The summed E-state index contributed by atoms with van der Waals surface area (Å²) in [7, 11) is 1.53. The summed E-state index contributed by atoms with van der Waals surface area (Å²) in [5, 5.41) is 3.57. The van der Waals surface area contributed by atoms with Gasteiger partial charge in [0, 0.05) is 35.4 Å². The van der Waals surface area contributed by atoms with Crippen molar-refractivity contribution in [2.75, 3.05) is 12.4 Å². The number of carbonyl (C=O) groups excluding carboxylic acids is 2. The summed E-state index contributed by atoms with van der Waals surface area (Å²) >= 11 is 7.44. The van der Waals surface area contributed by atoms with Crippen LogP contribution in [0.3, 0.4) is 0 Å². The molecule has 0 spiro atoms. The van der Waals surface area contributed by atoms with Crippen LogP contribution in [0.4, 0.5) is 5.13 Å². The minimum atomic E-state index is -0.375. The quantitative estimate of drug-likeness (QED) is 0.405. The first-order valence-electron chi connectivity index (χ1n) is 10.5. The Morgan fingerprint density at radius 2 is 1.89 bits per heavy atom. The molecule has 0 radical (unpaired) electrons. The monoisotopic (exact) mass is 507 g/mol. The smallest absolute Gasteiger partial charge is 0.292 e. The van der Waals surface area contributed by atoms with E-state index in [4.69, 9.17) is 16.3 Å². The number of methoxy groups -OCH3 is 1. The lowest BCUT2D eigenvalue weighted by Gasteiger charge is -2.14. The first kappa shape index (κ1) is 22.8. The zero-order valence-electron chi connectivity index (χ0n) is 18.6. The Bertz CT molecular complexity index is 1420. The number of amides is 2. The fourth-order valence-corrected chi connectivity index (χ4v) is 4.85. The van der Waals surface area contributed by atoms with Crippen molar-refractivity contribution in [1.29, 1.82) is 0 Å². The molecule has 5 rings (SSSR count). The Morgan fingerprint density at radius 3 is 2.63 bits per heavy atom. The zero-order valence-corrected chi connectivity index (χ0v) is 20.2. The Hall–Kier alpha value is -3.96. The number of pyridine rings is 2. The highest BCUT2D eigenvalue weighted by molar-refractivity contribution is 7.16. The van der Waals surface area contributed by atoms with Crippen LogP contribution in [-0.2, 0) is 13.1 Å². The summed E-state index contributed by atoms with van der Waals surface area (Å²) in [5.41, 5.74) is 3.04. The fraction of sp³-hybridized carbons (Fsp3) is 0.174. The van der Waals surface area contributed by atoms with E-state index in [0.717, 1.165) is 16.3 Å². The molecular formula is C23H18ClN7O3S. The number of halogens is 1. The minimum absolute atomic E-state index is 0.141. The van der Waals surface area contributed by atoms with Crippen LogP contribution in [0.2, 0.25) is 5.15 Å². The number of nitrogens with zero attached hydrogens (tertiary/aromatic N) is 6. The SMILES string of the molecule is COc1cnc(Cl)cc1-c1cc(C)ncc1C(=O)Nc1nc2c(s1)CN(C(=O)c1ncccn1)C2. The summed E-state index contributed by atoms with van der Waals surface area (Å²) in [4.78, 5) is 49.3. The van der Waals surface area contributed by atoms with Crippen molar-refractivity contribution in [3.63, 3.8) is 0 Å². The molecule has 0 aliphatic carbocycles. The second kappa shape index (κ2) is 9.35. The van der Waals surface area contributed by atoms with Crippen molar-refractivity contribution in [2.24, 2.45) is 0 Å². The summed E-state index contributed by atoms with van der Waals surface area (Å²) < 4.78 is 5.43. The molecule has 5 heterocycles. The number of hydrogen-bond donors (Lipinski definition) is 1. The molecule has 1 N–H and O–H groups in total.